The second-order valence-electron chi connectivity index (χ2n) is 6.66. The Hall–Kier alpha value is -3.38. The molecule has 3 aromatic carbocycles. The molecule has 0 heterocycles. The van der Waals surface area contributed by atoms with Gasteiger partial charge in [0.1, 0.15) is 12.3 Å². The highest BCUT2D eigenvalue weighted by Crippen LogP contribution is 2.35. The maximum Gasteiger partial charge on any atom is 0.417 e. The number of nitrogens with zero attached hydrogens (tertiary/aromatic N) is 1. The highest BCUT2D eigenvalue weighted by molar-refractivity contribution is 7.60. The lowest BCUT2D eigenvalue weighted by molar-refractivity contribution is -0.139. The SMILES string of the molecule is FC(F)(F)c1ccccc1CO/N=C(\c1ccccc1)c1cc(Cl)ccc1C(F)(F)F.N=S(=O)=O. The second kappa shape index (κ2) is 11.8. The summed E-state index contributed by atoms with van der Waals surface area (Å²) in [4.78, 5) is 5.11. The summed E-state index contributed by atoms with van der Waals surface area (Å²) in [6, 6.07) is 15.6. The minimum Gasteiger partial charge on any atom is -0.390 e. The minimum absolute atomic E-state index is 0.0362. The van der Waals surface area contributed by atoms with Crippen LogP contribution in [0.3, 0.4) is 0 Å². The van der Waals surface area contributed by atoms with E-state index in [1.54, 1.807) is 18.2 Å². The fourth-order valence-corrected chi connectivity index (χ4v) is 3.07. The van der Waals surface area contributed by atoms with E-state index in [2.05, 4.69) is 5.16 Å². The number of hydrogen-bond acceptors (Lipinski definition) is 5. The molecule has 0 aromatic heterocycles. The maximum atomic E-state index is 13.6. The number of nitrogens with one attached hydrogen (secondary N) is 1. The van der Waals surface area contributed by atoms with Crippen molar-refractivity contribution in [1.82, 2.24) is 0 Å². The molecule has 3 rings (SSSR count). The van der Waals surface area contributed by atoms with Gasteiger partial charge in [0.15, 0.2) is 0 Å². The molecule has 0 bridgehead atoms. The van der Waals surface area contributed by atoms with Crippen molar-refractivity contribution < 1.29 is 39.6 Å². The van der Waals surface area contributed by atoms with Crippen molar-refractivity contribution >= 4 is 27.8 Å². The van der Waals surface area contributed by atoms with E-state index in [4.69, 9.17) is 29.6 Å². The molecule has 0 saturated carbocycles. The first kappa shape index (κ1) is 27.9. The Bertz CT molecular complexity index is 1290. The molecule has 1 N–H and O–H groups in total. The molecule has 0 aliphatic heterocycles. The summed E-state index contributed by atoms with van der Waals surface area (Å²) in [5.41, 5.74) is -2.40. The van der Waals surface area contributed by atoms with Gasteiger partial charge in [-0.3, -0.25) is 0 Å². The van der Waals surface area contributed by atoms with Crippen LogP contribution in [0.1, 0.15) is 27.8 Å². The van der Waals surface area contributed by atoms with Crippen LogP contribution in [0, 0.1) is 4.78 Å². The molecule has 0 aliphatic rings. The Balaban J connectivity index is 0.00000100. The first-order chi connectivity index (χ1) is 16.3. The fourth-order valence-electron chi connectivity index (χ4n) is 2.90. The van der Waals surface area contributed by atoms with Crippen LogP contribution in [-0.4, -0.2) is 14.1 Å². The number of benzene rings is 3. The van der Waals surface area contributed by atoms with E-state index in [-0.39, 0.29) is 27.4 Å². The molecular formula is C22H15ClF6N2O3S. The van der Waals surface area contributed by atoms with Crippen LogP contribution in [0.25, 0.3) is 0 Å². The smallest absolute Gasteiger partial charge is 0.390 e. The third kappa shape index (κ3) is 8.41. The predicted molar refractivity (Wildman–Crippen MR) is 116 cm³/mol. The van der Waals surface area contributed by atoms with Crippen molar-refractivity contribution in [1.29, 1.82) is 4.78 Å². The third-order valence-electron chi connectivity index (χ3n) is 4.29. The van der Waals surface area contributed by atoms with Gasteiger partial charge < -0.3 is 4.84 Å². The zero-order chi connectivity index (χ0) is 26.2. The standard InChI is InChI=1S/C22H14ClF6NO.HNO2S/c23-16-10-11-19(22(27,28)29)17(12-16)20(14-6-2-1-3-7-14)30-31-13-15-8-4-5-9-18(15)21(24,25)26;1-4(2)3/h1-12H,13H2;1H/b30-20+;. The second-order valence-corrected chi connectivity index (χ2v) is 7.56. The van der Waals surface area contributed by atoms with Gasteiger partial charge >= 0.3 is 22.9 Å². The Morgan fingerprint density at radius 3 is 1.97 bits per heavy atom. The number of hydrogen-bond donors (Lipinski definition) is 1. The zero-order valence-corrected chi connectivity index (χ0v) is 18.9. The number of alkyl halides is 6. The molecule has 0 unspecified atom stereocenters. The van der Waals surface area contributed by atoms with Gasteiger partial charge in [-0.15, -0.1) is 0 Å². The van der Waals surface area contributed by atoms with Gasteiger partial charge in [0.05, 0.1) is 11.1 Å². The topological polar surface area (TPSA) is 79.6 Å². The molecule has 3 aromatic rings. The average Bonchev–Trinajstić information content (AvgIpc) is 2.75. The first-order valence-corrected chi connectivity index (χ1v) is 10.8. The zero-order valence-electron chi connectivity index (χ0n) is 17.4. The number of halogens is 7. The van der Waals surface area contributed by atoms with Crippen LogP contribution in [-0.2, 0) is 34.3 Å². The highest BCUT2D eigenvalue weighted by atomic mass is 35.5. The van der Waals surface area contributed by atoms with E-state index in [0.29, 0.717) is 0 Å². The molecule has 13 heteroatoms. The summed E-state index contributed by atoms with van der Waals surface area (Å²) in [7, 11) is -2.61. The molecule has 186 valence electrons. The number of rotatable bonds is 5. The summed E-state index contributed by atoms with van der Waals surface area (Å²) in [6.45, 7) is -0.589. The van der Waals surface area contributed by atoms with E-state index in [1.807, 2.05) is 0 Å². The fraction of sp³-hybridized carbons (Fsp3) is 0.136. The van der Waals surface area contributed by atoms with Gasteiger partial charge in [0.2, 0.25) is 0 Å². The predicted octanol–water partition coefficient (Wildman–Crippen LogP) is 6.97. The van der Waals surface area contributed by atoms with Crippen LogP contribution >= 0.6 is 11.6 Å². The average molecular weight is 537 g/mol. The van der Waals surface area contributed by atoms with Crippen LogP contribution in [0.15, 0.2) is 78.0 Å². The van der Waals surface area contributed by atoms with Crippen LogP contribution < -0.4 is 0 Å². The lowest BCUT2D eigenvalue weighted by Crippen LogP contribution is -2.15. The first-order valence-electron chi connectivity index (χ1n) is 9.38. The molecule has 0 atom stereocenters. The molecule has 0 fully saturated rings. The van der Waals surface area contributed by atoms with Crippen LogP contribution in [0.5, 0.6) is 0 Å². The van der Waals surface area contributed by atoms with Gasteiger partial charge in [0.25, 0.3) is 0 Å². The third-order valence-corrected chi connectivity index (χ3v) is 4.52. The monoisotopic (exact) mass is 536 g/mol. The largest absolute Gasteiger partial charge is 0.417 e. The summed E-state index contributed by atoms with van der Waals surface area (Å²) in [5.74, 6) is 0. The van der Waals surface area contributed by atoms with E-state index < -0.39 is 40.6 Å². The van der Waals surface area contributed by atoms with Crippen molar-refractivity contribution in [2.75, 3.05) is 0 Å². The number of oxime groups is 1. The van der Waals surface area contributed by atoms with Crippen molar-refractivity contribution in [3.63, 3.8) is 0 Å². The van der Waals surface area contributed by atoms with Gasteiger partial charge in [-0.1, -0.05) is 65.3 Å². The summed E-state index contributed by atoms with van der Waals surface area (Å²) in [6.07, 6.45) is -9.32. The minimum atomic E-state index is -4.71. The molecule has 0 amide bonds. The van der Waals surface area contributed by atoms with Gasteiger partial charge in [-0.2, -0.15) is 39.5 Å². The molecule has 35 heavy (non-hydrogen) atoms. The van der Waals surface area contributed by atoms with E-state index in [1.165, 1.54) is 30.3 Å². The quantitative estimate of drug-likeness (QED) is 0.217. The van der Waals surface area contributed by atoms with Gasteiger partial charge in [0, 0.05) is 21.7 Å². The highest BCUT2D eigenvalue weighted by Gasteiger charge is 2.35. The van der Waals surface area contributed by atoms with E-state index in [0.717, 1.165) is 24.3 Å². The Morgan fingerprint density at radius 1 is 0.857 bits per heavy atom. The van der Waals surface area contributed by atoms with Gasteiger partial charge in [-0.05, 0) is 24.3 Å². The van der Waals surface area contributed by atoms with Crippen LogP contribution in [0.4, 0.5) is 26.3 Å². The van der Waals surface area contributed by atoms with Gasteiger partial charge in [-0.25, -0.2) is 0 Å². The molecule has 0 aliphatic carbocycles. The molecule has 0 radical (unpaired) electrons. The molecule has 5 nitrogen and oxygen atoms in total. The van der Waals surface area contributed by atoms with Crippen LogP contribution in [0.2, 0.25) is 5.02 Å². The molecule has 0 spiro atoms. The Labute approximate surface area is 202 Å². The van der Waals surface area contributed by atoms with E-state index in [9.17, 15) is 26.3 Å². The Morgan fingerprint density at radius 2 is 1.40 bits per heavy atom. The summed E-state index contributed by atoms with van der Waals surface area (Å²) in [5, 5.41) is 3.82. The normalized spacial score (nSPS) is 11.9. The van der Waals surface area contributed by atoms with Crippen molar-refractivity contribution in [2.24, 2.45) is 5.16 Å². The lowest BCUT2D eigenvalue weighted by atomic mass is 9.97. The van der Waals surface area contributed by atoms with Crippen molar-refractivity contribution in [2.45, 2.75) is 19.0 Å². The summed E-state index contributed by atoms with van der Waals surface area (Å²) >= 11 is 5.91. The van der Waals surface area contributed by atoms with Crippen molar-refractivity contribution in [3.05, 3.63) is 106 Å². The molecular weight excluding hydrogens is 522 g/mol. The van der Waals surface area contributed by atoms with Crippen molar-refractivity contribution in [3.8, 4) is 0 Å². The lowest BCUT2D eigenvalue weighted by Gasteiger charge is -2.16. The maximum absolute atomic E-state index is 13.6. The Kier molecular flexibility index (Phi) is 9.43. The van der Waals surface area contributed by atoms with E-state index >= 15 is 0 Å². The molecule has 0 saturated heterocycles. The summed E-state index contributed by atoms with van der Waals surface area (Å²) < 4.78 is 103.